The van der Waals surface area contributed by atoms with E-state index in [9.17, 15) is 8.42 Å². The Bertz CT molecular complexity index is 768. The lowest BCUT2D eigenvalue weighted by Crippen LogP contribution is -2.50. The molecule has 1 aromatic carbocycles. The minimum absolute atomic E-state index is 0.0597. The summed E-state index contributed by atoms with van der Waals surface area (Å²) >= 11 is 0. The maximum Gasteiger partial charge on any atom is 0.214 e. The Hall–Kier alpha value is -1.96. The van der Waals surface area contributed by atoms with Gasteiger partial charge in [0.25, 0.3) is 0 Å². The summed E-state index contributed by atoms with van der Waals surface area (Å²) in [7, 11) is -3.35. The summed E-state index contributed by atoms with van der Waals surface area (Å²) in [6.45, 7) is 2.58. The highest BCUT2D eigenvalue weighted by molar-refractivity contribution is 7.89. The summed E-state index contributed by atoms with van der Waals surface area (Å²) in [5, 5.41) is 0. The molecule has 0 saturated carbocycles. The van der Waals surface area contributed by atoms with E-state index in [-0.39, 0.29) is 12.4 Å². The Morgan fingerprint density at radius 3 is 2.64 bits per heavy atom. The Kier molecular flexibility index (Phi) is 5.67. The lowest BCUT2D eigenvalue weighted by molar-refractivity contribution is -0.0621. The molecular weight excluding hydrogens is 340 g/mol. The first-order chi connectivity index (χ1) is 12.1. The van der Waals surface area contributed by atoms with Crippen molar-refractivity contribution in [1.82, 2.24) is 9.29 Å². The van der Waals surface area contributed by atoms with Crippen LogP contribution in [0.25, 0.3) is 0 Å². The third-order valence-corrected chi connectivity index (χ3v) is 6.06. The van der Waals surface area contributed by atoms with Crippen LogP contribution in [0.15, 0.2) is 54.7 Å². The van der Waals surface area contributed by atoms with E-state index in [4.69, 9.17) is 9.47 Å². The van der Waals surface area contributed by atoms with Gasteiger partial charge in [0.2, 0.25) is 15.9 Å². The fourth-order valence-electron chi connectivity index (χ4n) is 2.96. The van der Waals surface area contributed by atoms with Crippen LogP contribution in [0.5, 0.6) is 5.88 Å². The number of morpholine rings is 1. The van der Waals surface area contributed by atoms with Crippen LogP contribution in [0.3, 0.4) is 0 Å². The Labute approximate surface area is 148 Å². The molecule has 0 amide bonds. The fraction of sp³-hybridized carbons (Fsp3) is 0.389. The van der Waals surface area contributed by atoms with Crippen LogP contribution in [0.4, 0.5) is 0 Å². The molecule has 7 heteroatoms. The first kappa shape index (κ1) is 17.8. The zero-order chi connectivity index (χ0) is 17.7. The van der Waals surface area contributed by atoms with Crippen molar-refractivity contribution < 1.29 is 17.9 Å². The Morgan fingerprint density at radius 1 is 1.20 bits per heavy atom. The maximum absolute atomic E-state index is 12.6. The second kappa shape index (κ2) is 7.95. The number of pyridine rings is 1. The molecule has 3 rings (SSSR count). The second-order valence-corrected chi connectivity index (χ2v) is 7.97. The van der Waals surface area contributed by atoms with E-state index in [0.29, 0.717) is 19.0 Å². The topological polar surface area (TPSA) is 68.7 Å². The highest BCUT2D eigenvalue weighted by Gasteiger charge is 2.39. The molecule has 0 aliphatic carbocycles. The van der Waals surface area contributed by atoms with E-state index in [1.54, 1.807) is 19.2 Å². The first-order valence-electron chi connectivity index (χ1n) is 8.31. The summed E-state index contributed by atoms with van der Waals surface area (Å²) in [5.41, 5.74) is 0.897. The fourth-order valence-corrected chi connectivity index (χ4v) is 4.25. The largest absolute Gasteiger partial charge is 0.475 e. The van der Waals surface area contributed by atoms with Crippen LogP contribution in [0, 0.1) is 0 Å². The maximum atomic E-state index is 12.6. The Balaban J connectivity index is 1.86. The quantitative estimate of drug-likeness (QED) is 0.788. The molecule has 0 radical (unpaired) electrons. The van der Waals surface area contributed by atoms with Gasteiger partial charge in [-0.2, -0.15) is 4.31 Å². The van der Waals surface area contributed by atoms with Crippen LogP contribution in [0.2, 0.25) is 0 Å². The molecule has 1 aliphatic heterocycles. The summed E-state index contributed by atoms with van der Waals surface area (Å²) < 4.78 is 38.3. The normalized spacial score (nSPS) is 21.8. The smallest absolute Gasteiger partial charge is 0.214 e. The predicted octanol–water partition coefficient (Wildman–Crippen LogP) is 2.25. The first-order valence-corrected chi connectivity index (χ1v) is 9.92. The van der Waals surface area contributed by atoms with Gasteiger partial charge in [-0.3, -0.25) is 0 Å². The third-order valence-electron chi connectivity index (χ3n) is 4.20. The number of aromatic nitrogens is 1. The highest BCUT2D eigenvalue weighted by atomic mass is 32.2. The molecule has 1 aliphatic rings. The number of rotatable bonds is 6. The molecule has 2 atom stereocenters. The summed E-state index contributed by atoms with van der Waals surface area (Å²) in [5.74, 6) is 0.554. The molecular formula is C18H22N2O4S. The van der Waals surface area contributed by atoms with Crippen LogP contribution >= 0.6 is 0 Å². The van der Waals surface area contributed by atoms with E-state index < -0.39 is 22.2 Å². The second-order valence-electron chi connectivity index (χ2n) is 5.76. The number of hydrogen-bond donors (Lipinski definition) is 0. The Morgan fingerprint density at radius 2 is 1.96 bits per heavy atom. The van der Waals surface area contributed by atoms with Crippen molar-refractivity contribution in [3.63, 3.8) is 0 Å². The van der Waals surface area contributed by atoms with Gasteiger partial charge >= 0.3 is 0 Å². The minimum atomic E-state index is -3.35. The zero-order valence-electron chi connectivity index (χ0n) is 14.1. The molecule has 6 nitrogen and oxygen atoms in total. The van der Waals surface area contributed by atoms with E-state index in [1.807, 2.05) is 42.5 Å². The molecule has 0 bridgehead atoms. The summed E-state index contributed by atoms with van der Waals surface area (Å²) in [6, 6.07) is 14.6. The number of ether oxygens (including phenoxy) is 2. The predicted molar refractivity (Wildman–Crippen MR) is 94.8 cm³/mol. The summed E-state index contributed by atoms with van der Waals surface area (Å²) in [4.78, 5) is 4.14. The van der Waals surface area contributed by atoms with E-state index in [2.05, 4.69) is 4.98 Å². The molecule has 0 spiro atoms. The van der Waals surface area contributed by atoms with Gasteiger partial charge in [-0.15, -0.1) is 0 Å². The standard InChI is InChI=1S/C18H22N2O4S/c1-2-25(21,22)20-12-13-23-16(14-24-17-10-6-7-11-19-17)18(20)15-8-4-3-5-9-15/h3-11,16,18H,2,12-14H2,1H3/t16-,18-/m0/s1. The van der Waals surface area contributed by atoms with Crippen molar-refractivity contribution in [2.75, 3.05) is 25.5 Å². The van der Waals surface area contributed by atoms with E-state index >= 15 is 0 Å². The van der Waals surface area contributed by atoms with E-state index in [1.165, 1.54) is 4.31 Å². The lowest BCUT2D eigenvalue weighted by atomic mass is 10.0. The average Bonchev–Trinajstić information content (AvgIpc) is 2.67. The third kappa shape index (κ3) is 4.18. The zero-order valence-corrected chi connectivity index (χ0v) is 14.9. The van der Waals surface area contributed by atoms with Crippen LogP contribution in [0.1, 0.15) is 18.5 Å². The van der Waals surface area contributed by atoms with Crippen LogP contribution < -0.4 is 4.74 Å². The van der Waals surface area contributed by atoms with Gasteiger partial charge in [0.05, 0.1) is 18.4 Å². The van der Waals surface area contributed by atoms with Gasteiger partial charge in [0.1, 0.15) is 12.7 Å². The van der Waals surface area contributed by atoms with Crippen molar-refractivity contribution in [3.05, 3.63) is 60.3 Å². The molecule has 1 saturated heterocycles. The molecule has 0 unspecified atom stereocenters. The number of nitrogens with zero attached hydrogens (tertiary/aromatic N) is 2. The van der Waals surface area contributed by atoms with Crippen molar-refractivity contribution in [3.8, 4) is 5.88 Å². The van der Waals surface area contributed by atoms with Gasteiger partial charge < -0.3 is 9.47 Å². The number of benzene rings is 1. The van der Waals surface area contributed by atoms with Crippen LogP contribution in [-0.4, -0.2) is 49.3 Å². The van der Waals surface area contributed by atoms with Crippen molar-refractivity contribution >= 4 is 10.0 Å². The molecule has 134 valence electrons. The van der Waals surface area contributed by atoms with Gasteiger partial charge in [0.15, 0.2) is 0 Å². The molecule has 0 N–H and O–H groups in total. The SMILES string of the molecule is CCS(=O)(=O)N1CCO[C@@H](COc2ccccn2)[C@@H]1c1ccccc1. The van der Waals surface area contributed by atoms with Gasteiger partial charge in [0, 0.05) is 18.8 Å². The molecule has 25 heavy (non-hydrogen) atoms. The van der Waals surface area contributed by atoms with Gasteiger partial charge in [-0.25, -0.2) is 13.4 Å². The summed E-state index contributed by atoms with van der Waals surface area (Å²) in [6.07, 6.45) is 1.25. The molecule has 1 fully saturated rings. The molecule has 2 aromatic rings. The molecule has 1 aromatic heterocycles. The minimum Gasteiger partial charge on any atom is -0.475 e. The average molecular weight is 362 g/mol. The number of sulfonamides is 1. The number of hydrogen-bond acceptors (Lipinski definition) is 5. The monoisotopic (exact) mass is 362 g/mol. The van der Waals surface area contributed by atoms with Crippen molar-refractivity contribution in [2.45, 2.75) is 19.1 Å². The molecule has 2 heterocycles. The van der Waals surface area contributed by atoms with Crippen LogP contribution in [-0.2, 0) is 14.8 Å². The van der Waals surface area contributed by atoms with Crippen molar-refractivity contribution in [2.24, 2.45) is 0 Å². The van der Waals surface area contributed by atoms with Gasteiger partial charge in [-0.1, -0.05) is 36.4 Å². The highest BCUT2D eigenvalue weighted by Crippen LogP contribution is 2.32. The van der Waals surface area contributed by atoms with E-state index in [0.717, 1.165) is 5.56 Å². The lowest BCUT2D eigenvalue weighted by Gasteiger charge is -2.40. The van der Waals surface area contributed by atoms with Crippen molar-refractivity contribution in [1.29, 1.82) is 0 Å². The van der Waals surface area contributed by atoms with Gasteiger partial charge in [-0.05, 0) is 18.6 Å².